The van der Waals surface area contributed by atoms with E-state index in [0.717, 1.165) is 16.7 Å². The van der Waals surface area contributed by atoms with Crippen LogP contribution in [0.5, 0.6) is 0 Å². The minimum absolute atomic E-state index is 0.0310. The van der Waals surface area contributed by atoms with Crippen LogP contribution in [-0.2, 0) is 17.8 Å². The summed E-state index contributed by atoms with van der Waals surface area (Å²) in [4.78, 5) is 11.4. The van der Waals surface area contributed by atoms with Gasteiger partial charge in [-0.3, -0.25) is 4.79 Å². The van der Waals surface area contributed by atoms with E-state index in [1.807, 2.05) is 30.3 Å². The van der Waals surface area contributed by atoms with Gasteiger partial charge in [-0.25, -0.2) is 0 Å². The number of aliphatic hydroxyl groups is 1. The van der Waals surface area contributed by atoms with Crippen molar-refractivity contribution < 1.29 is 15.0 Å². The molecule has 1 unspecified atom stereocenters. The first kappa shape index (κ1) is 13.3. The Morgan fingerprint density at radius 3 is 2.11 bits per heavy atom. The Balaban J connectivity index is 2.22. The summed E-state index contributed by atoms with van der Waals surface area (Å²) in [6.45, 7) is -0.0310. The second-order valence-corrected chi connectivity index (χ2v) is 4.48. The molecule has 0 aliphatic rings. The van der Waals surface area contributed by atoms with E-state index in [0.29, 0.717) is 6.42 Å². The van der Waals surface area contributed by atoms with E-state index < -0.39 is 11.9 Å². The van der Waals surface area contributed by atoms with Gasteiger partial charge < -0.3 is 10.2 Å². The number of hydrogen-bond acceptors (Lipinski definition) is 2. The lowest BCUT2D eigenvalue weighted by atomic mass is 9.91. The first-order valence-corrected chi connectivity index (χ1v) is 6.17. The molecule has 0 radical (unpaired) electrons. The Kier molecular flexibility index (Phi) is 4.31. The maximum Gasteiger partial charge on any atom is 0.311 e. The summed E-state index contributed by atoms with van der Waals surface area (Å²) in [5.41, 5.74) is 2.54. The lowest BCUT2D eigenvalue weighted by Gasteiger charge is -2.13. The van der Waals surface area contributed by atoms with Crippen LogP contribution in [0, 0.1) is 0 Å². The molecule has 3 nitrogen and oxygen atoms in total. The van der Waals surface area contributed by atoms with Gasteiger partial charge in [0.05, 0.1) is 12.5 Å². The molecule has 0 saturated heterocycles. The molecule has 0 fully saturated rings. The van der Waals surface area contributed by atoms with Crippen molar-refractivity contribution in [3.63, 3.8) is 0 Å². The maximum absolute atomic E-state index is 11.4. The number of benzene rings is 2. The molecular formula is C16H16O3. The number of aliphatic hydroxyl groups excluding tert-OH is 1. The molecule has 0 spiro atoms. The minimum atomic E-state index is -0.833. The summed E-state index contributed by atoms with van der Waals surface area (Å²) in [5, 5.41) is 18.4. The van der Waals surface area contributed by atoms with Crippen LogP contribution in [0.1, 0.15) is 22.6 Å². The summed E-state index contributed by atoms with van der Waals surface area (Å²) in [7, 11) is 0. The molecule has 19 heavy (non-hydrogen) atoms. The highest BCUT2D eigenvalue weighted by atomic mass is 16.4. The molecule has 2 N–H and O–H groups in total. The van der Waals surface area contributed by atoms with E-state index in [1.54, 1.807) is 24.3 Å². The van der Waals surface area contributed by atoms with Crippen molar-refractivity contribution in [2.45, 2.75) is 18.9 Å². The Hall–Kier alpha value is -2.13. The highest BCUT2D eigenvalue weighted by Gasteiger charge is 2.20. The van der Waals surface area contributed by atoms with Gasteiger partial charge >= 0.3 is 5.97 Å². The molecule has 2 aromatic rings. The molecule has 2 aromatic carbocycles. The van der Waals surface area contributed by atoms with Crippen molar-refractivity contribution in [2.75, 3.05) is 0 Å². The van der Waals surface area contributed by atoms with E-state index in [-0.39, 0.29) is 6.61 Å². The first-order valence-electron chi connectivity index (χ1n) is 6.17. The summed E-state index contributed by atoms with van der Waals surface area (Å²) < 4.78 is 0. The molecular weight excluding hydrogens is 240 g/mol. The fraction of sp³-hybridized carbons (Fsp3) is 0.188. The number of carbonyl (C=O) groups is 1. The normalized spacial score (nSPS) is 12.1. The van der Waals surface area contributed by atoms with Crippen molar-refractivity contribution in [1.29, 1.82) is 0 Å². The van der Waals surface area contributed by atoms with E-state index in [4.69, 9.17) is 5.11 Å². The van der Waals surface area contributed by atoms with Gasteiger partial charge in [0.1, 0.15) is 0 Å². The van der Waals surface area contributed by atoms with Crippen molar-refractivity contribution in [3.05, 3.63) is 71.3 Å². The van der Waals surface area contributed by atoms with Crippen LogP contribution in [0.15, 0.2) is 54.6 Å². The SMILES string of the molecule is O=C(O)C(Cc1ccccc1)c1ccc(CO)cc1. The maximum atomic E-state index is 11.4. The van der Waals surface area contributed by atoms with Gasteiger partial charge in [-0.05, 0) is 23.1 Å². The average molecular weight is 256 g/mol. The molecule has 0 heterocycles. The topological polar surface area (TPSA) is 57.5 Å². The molecule has 0 amide bonds. The monoisotopic (exact) mass is 256 g/mol. The van der Waals surface area contributed by atoms with Crippen LogP contribution in [0.25, 0.3) is 0 Å². The average Bonchev–Trinajstić information content (AvgIpc) is 2.46. The molecule has 0 saturated carbocycles. The molecule has 0 bridgehead atoms. The van der Waals surface area contributed by atoms with Crippen molar-refractivity contribution in [1.82, 2.24) is 0 Å². The highest BCUT2D eigenvalue weighted by Crippen LogP contribution is 2.22. The quantitative estimate of drug-likeness (QED) is 0.864. The smallest absolute Gasteiger partial charge is 0.311 e. The number of hydrogen-bond donors (Lipinski definition) is 2. The third kappa shape index (κ3) is 3.42. The van der Waals surface area contributed by atoms with Gasteiger partial charge in [-0.1, -0.05) is 54.6 Å². The van der Waals surface area contributed by atoms with Gasteiger partial charge in [0.25, 0.3) is 0 Å². The van der Waals surface area contributed by atoms with Crippen molar-refractivity contribution >= 4 is 5.97 Å². The van der Waals surface area contributed by atoms with Crippen LogP contribution in [0.2, 0.25) is 0 Å². The van der Waals surface area contributed by atoms with E-state index in [1.165, 1.54) is 0 Å². The van der Waals surface area contributed by atoms with Crippen LogP contribution in [0.3, 0.4) is 0 Å². The zero-order valence-electron chi connectivity index (χ0n) is 10.5. The highest BCUT2D eigenvalue weighted by molar-refractivity contribution is 5.76. The van der Waals surface area contributed by atoms with Crippen LogP contribution in [-0.4, -0.2) is 16.2 Å². The second kappa shape index (κ2) is 6.16. The van der Waals surface area contributed by atoms with Gasteiger partial charge in [0, 0.05) is 0 Å². The molecule has 0 aliphatic heterocycles. The minimum Gasteiger partial charge on any atom is -0.481 e. The van der Waals surface area contributed by atoms with Gasteiger partial charge in [-0.15, -0.1) is 0 Å². The lowest BCUT2D eigenvalue weighted by molar-refractivity contribution is -0.138. The number of aliphatic carboxylic acids is 1. The standard InChI is InChI=1S/C16H16O3/c17-11-13-6-8-14(9-7-13)15(16(18)19)10-12-4-2-1-3-5-12/h1-9,15,17H,10-11H2,(H,18,19). The van der Waals surface area contributed by atoms with Crippen LogP contribution >= 0.6 is 0 Å². The van der Waals surface area contributed by atoms with Gasteiger partial charge in [-0.2, -0.15) is 0 Å². The molecule has 98 valence electrons. The molecule has 1 atom stereocenters. The molecule has 2 rings (SSSR count). The van der Waals surface area contributed by atoms with Crippen molar-refractivity contribution in [2.24, 2.45) is 0 Å². The summed E-state index contributed by atoms with van der Waals surface area (Å²) in [5.74, 6) is -1.39. The predicted molar refractivity (Wildman–Crippen MR) is 72.9 cm³/mol. The summed E-state index contributed by atoms with van der Waals surface area (Å²) in [6, 6.07) is 16.6. The Bertz CT molecular complexity index is 532. The molecule has 0 aliphatic carbocycles. The van der Waals surface area contributed by atoms with E-state index >= 15 is 0 Å². The number of carboxylic acids is 1. The second-order valence-electron chi connectivity index (χ2n) is 4.48. The van der Waals surface area contributed by atoms with Crippen molar-refractivity contribution in [3.8, 4) is 0 Å². The number of carboxylic acid groups (broad SMARTS) is 1. The zero-order chi connectivity index (χ0) is 13.7. The van der Waals surface area contributed by atoms with E-state index in [2.05, 4.69) is 0 Å². The molecule has 3 heteroatoms. The summed E-state index contributed by atoms with van der Waals surface area (Å²) in [6.07, 6.45) is 0.467. The lowest BCUT2D eigenvalue weighted by Crippen LogP contribution is -2.14. The van der Waals surface area contributed by atoms with Gasteiger partial charge in [0.2, 0.25) is 0 Å². The third-order valence-corrected chi connectivity index (χ3v) is 3.15. The van der Waals surface area contributed by atoms with Crippen LogP contribution in [0.4, 0.5) is 0 Å². The van der Waals surface area contributed by atoms with E-state index in [9.17, 15) is 9.90 Å². The first-order chi connectivity index (χ1) is 9.20. The largest absolute Gasteiger partial charge is 0.481 e. The third-order valence-electron chi connectivity index (χ3n) is 3.15. The molecule has 0 aromatic heterocycles. The summed E-state index contributed by atoms with van der Waals surface area (Å²) >= 11 is 0. The Morgan fingerprint density at radius 1 is 0.947 bits per heavy atom. The Morgan fingerprint density at radius 2 is 1.58 bits per heavy atom. The Labute approximate surface area is 112 Å². The van der Waals surface area contributed by atoms with Gasteiger partial charge in [0.15, 0.2) is 0 Å². The zero-order valence-corrected chi connectivity index (χ0v) is 10.5. The van der Waals surface area contributed by atoms with Crippen LogP contribution < -0.4 is 0 Å². The fourth-order valence-electron chi connectivity index (χ4n) is 2.05. The fourth-order valence-corrected chi connectivity index (χ4v) is 2.05. The predicted octanol–water partition coefficient (Wildman–Crippen LogP) is 2.59. The number of rotatable bonds is 5.